The summed E-state index contributed by atoms with van der Waals surface area (Å²) in [6, 6.07) is 3.91. The maximum Gasteiger partial charge on any atom is 0.331 e. The summed E-state index contributed by atoms with van der Waals surface area (Å²) in [5.41, 5.74) is -1.56. The van der Waals surface area contributed by atoms with Gasteiger partial charge in [0.25, 0.3) is 5.91 Å². The molecule has 1 fully saturated rings. The number of aliphatic hydroxyl groups excluding tert-OH is 2. The van der Waals surface area contributed by atoms with Crippen molar-refractivity contribution in [2.75, 3.05) is 7.05 Å². The molecule has 0 heterocycles. The average molecular weight is 367 g/mol. The van der Waals surface area contributed by atoms with E-state index < -0.39 is 35.8 Å². The molecule has 142 valence electrons. The van der Waals surface area contributed by atoms with Gasteiger partial charge in [-0.3, -0.25) is 4.79 Å². The molecule has 0 saturated heterocycles. The third-order valence-corrected chi connectivity index (χ3v) is 4.19. The van der Waals surface area contributed by atoms with E-state index in [1.807, 2.05) is 0 Å². The van der Waals surface area contributed by atoms with Crippen molar-refractivity contribution in [2.45, 2.75) is 36.8 Å². The lowest BCUT2D eigenvalue weighted by atomic mass is 9.79. The first-order chi connectivity index (χ1) is 12.2. The summed E-state index contributed by atoms with van der Waals surface area (Å²) in [5.74, 6) is -2.30. The number of hydrogen-bond donors (Lipinski definition) is 6. The van der Waals surface area contributed by atoms with Crippen molar-refractivity contribution in [3.8, 4) is 11.5 Å². The van der Waals surface area contributed by atoms with Gasteiger partial charge in [-0.1, -0.05) is 6.07 Å². The van der Waals surface area contributed by atoms with E-state index in [0.717, 1.165) is 6.08 Å². The van der Waals surface area contributed by atoms with Gasteiger partial charge in [-0.15, -0.1) is 0 Å². The van der Waals surface area contributed by atoms with Gasteiger partial charge in [0.2, 0.25) is 0 Å². The molecule has 0 bridgehead atoms. The van der Waals surface area contributed by atoms with E-state index in [2.05, 4.69) is 5.32 Å². The zero-order valence-corrected chi connectivity index (χ0v) is 14.0. The number of phenolic OH excluding ortho intramolecular Hbond substituents is 2. The van der Waals surface area contributed by atoms with Crippen LogP contribution in [0, 0.1) is 0 Å². The van der Waals surface area contributed by atoms with Crippen LogP contribution in [-0.4, -0.2) is 68.4 Å². The summed E-state index contributed by atoms with van der Waals surface area (Å²) in [6.45, 7) is 0. The highest BCUT2D eigenvalue weighted by atomic mass is 16.6. The molecule has 9 heteroatoms. The highest BCUT2D eigenvalue weighted by Gasteiger charge is 2.49. The number of nitrogens with one attached hydrogen (secondary N) is 1. The number of ether oxygens (including phenoxy) is 1. The van der Waals surface area contributed by atoms with Crippen molar-refractivity contribution in [1.82, 2.24) is 5.32 Å². The second-order valence-electron chi connectivity index (χ2n) is 6.13. The Kier molecular flexibility index (Phi) is 5.86. The fourth-order valence-corrected chi connectivity index (χ4v) is 2.78. The number of hydrogen-bond acceptors (Lipinski definition) is 8. The van der Waals surface area contributed by atoms with Crippen LogP contribution in [0.25, 0.3) is 6.08 Å². The number of aliphatic hydroxyl groups is 3. The number of benzene rings is 1. The predicted molar refractivity (Wildman–Crippen MR) is 88.9 cm³/mol. The van der Waals surface area contributed by atoms with Gasteiger partial charge in [-0.2, -0.15) is 0 Å². The molecule has 1 aromatic carbocycles. The van der Waals surface area contributed by atoms with Crippen molar-refractivity contribution in [1.29, 1.82) is 0 Å². The molecule has 4 atom stereocenters. The van der Waals surface area contributed by atoms with E-state index in [-0.39, 0.29) is 24.3 Å². The number of phenols is 2. The molecule has 1 aliphatic carbocycles. The maximum absolute atomic E-state index is 11.9. The van der Waals surface area contributed by atoms with Gasteiger partial charge in [0.05, 0.1) is 6.10 Å². The number of aromatic hydroxyl groups is 2. The van der Waals surface area contributed by atoms with Crippen LogP contribution in [0.5, 0.6) is 11.5 Å². The minimum Gasteiger partial charge on any atom is -0.504 e. The van der Waals surface area contributed by atoms with Gasteiger partial charge < -0.3 is 35.6 Å². The molecule has 1 saturated carbocycles. The van der Waals surface area contributed by atoms with Gasteiger partial charge in [0.1, 0.15) is 17.8 Å². The van der Waals surface area contributed by atoms with E-state index >= 15 is 0 Å². The Bertz CT molecular complexity index is 719. The van der Waals surface area contributed by atoms with E-state index in [9.17, 15) is 35.1 Å². The summed E-state index contributed by atoms with van der Waals surface area (Å²) in [4.78, 5) is 23.7. The first kappa shape index (κ1) is 19.7. The van der Waals surface area contributed by atoms with Crippen LogP contribution in [0.4, 0.5) is 0 Å². The Morgan fingerprint density at radius 3 is 2.54 bits per heavy atom. The molecule has 6 N–H and O–H groups in total. The Morgan fingerprint density at radius 1 is 1.23 bits per heavy atom. The quantitative estimate of drug-likeness (QED) is 0.225. The molecule has 0 aromatic heterocycles. The first-order valence-corrected chi connectivity index (χ1v) is 7.87. The number of likely N-dealkylation sites (N-methyl/N-ethyl adjacent to an activating group) is 1. The Balaban J connectivity index is 2.07. The van der Waals surface area contributed by atoms with Crippen LogP contribution in [0.1, 0.15) is 18.4 Å². The summed E-state index contributed by atoms with van der Waals surface area (Å²) >= 11 is 0. The average Bonchev–Trinajstić information content (AvgIpc) is 2.59. The Hall–Kier alpha value is -2.62. The second kappa shape index (κ2) is 7.73. The molecule has 26 heavy (non-hydrogen) atoms. The molecule has 0 spiro atoms. The molecular formula is C17H21NO8. The summed E-state index contributed by atoms with van der Waals surface area (Å²) < 4.78 is 5.05. The normalized spacial score (nSPS) is 28.7. The zero-order chi connectivity index (χ0) is 19.5. The van der Waals surface area contributed by atoms with Crippen LogP contribution in [0.15, 0.2) is 24.3 Å². The summed E-state index contributed by atoms with van der Waals surface area (Å²) in [6.07, 6.45) is -2.62. The molecule has 9 nitrogen and oxygen atoms in total. The lowest BCUT2D eigenvalue weighted by Crippen LogP contribution is -2.59. The smallest absolute Gasteiger partial charge is 0.331 e. The SMILES string of the molecule is CNC(=O)[C@]1(O)C[C@@H](O)[C@@H](O)[C@H](OC(=O)/C=C/c2ccc(O)c(O)c2)C1. The summed E-state index contributed by atoms with van der Waals surface area (Å²) in [7, 11) is 1.31. The Labute approximate surface area is 149 Å². The standard InChI is InChI=1S/C17H21NO8/c1-18-16(24)17(25)7-12(21)15(23)13(8-17)26-14(22)5-3-9-2-4-10(19)11(20)6-9/h2-6,12-13,15,19-21,23,25H,7-8H2,1H3,(H,18,24)/b5-3+/t12-,13-,15-,17+/m1/s1. The van der Waals surface area contributed by atoms with Crippen molar-refractivity contribution >= 4 is 18.0 Å². The second-order valence-corrected chi connectivity index (χ2v) is 6.13. The lowest BCUT2D eigenvalue weighted by Gasteiger charge is -2.40. The highest BCUT2D eigenvalue weighted by Crippen LogP contribution is 2.31. The van der Waals surface area contributed by atoms with Crippen LogP contribution in [0.2, 0.25) is 0 Å². The number of esters is 1. The van der Waals surface area contributed by atoms with Crippen molar-refractivity contribution in [3.63, 3.8) is 0 Å². The molecule has 1 amide bonds. The molecule has 0 unspecified atom stereocenters. The van der Waals surface area contributed by atoms with Crippen molar-refractivity contribution in [3.05, 3.63) is 29.8 Å². The topological polar surface area (TPSA) is 157 Å². The number of amides is 1. The predicted octanol–water partition coefficient (Wildman–Crippen LogP) is -0.984. The highest BCUT2D eigenvalue weighted by molar-refractivity contribution is 5.88. The van der Waals surface area contributed by atoms with Gasteiger partial charge in [-0.25, -0.2) is 4.79 Å². The van der Waals surface area contributed by atoms with Crippen LogP contribution >= 0.6 is 0 Å². The largest absolute Gasteiger partial charge is 0.504 e. The molecule has 0 radical (unpaired) electrons. The van der Waals surface area contributed by atoms with Crippen LogP contribution in [-0.2, 0) is 14.3 Å². The number of carbonyl (C=O) groups excluding carboxylic acids is 2. The van der Waals surface area contributed by atoms with Crippen LogP contribution < -0.4 is 5.32 Å². The third kappa shape index (κ3) is 4.31. The van der Waals surface area contributed by atoms with Gasteiger partial charge in [0, 0.05) is 26.0 Å². The van der Waals surface area contributed by atoms with Gasteiger partial charge >= 0.3 is 5.97 Å². The zero-order valence-electron chi connectivity index (χ0n) is 14.0. The first-order valence-electron chi connectivity index (χ1n) is 7.87. The monoisotopic (exact) mass is 367 g/mol. The lowest BCUT2D eigenvalue weighted by molar-refractivity contribution is -0.186. The maximum atomic E-state index is 11.9. The summed E-state index contributed by atoms with van der Waals surface area (Å²) in [5, 5.41) is 51.0. The van der Waals surface area contributed by atoms with E-state index in [1.54, 1.807) is 0 Å². The van der Waals surface area contributed by atoms with E-state index in [1.165, 1.54) is 31.3 Å². The van der Waals surface area contributed by atoms with Crippen LogP contribution in [0.3, 0.4) is 0 Å². The third-order valence-electron chi connectivity index (χ3n) is 4.19. The van der Waals surface area contributed by atoms with Crippen molar-refractivity contribution in [2.24, 2.45) is 0 Å². The molecule has 2 rings (SSSR count). The van der Waals surface area contributed by atoms with Crippen molar-refractivity contribution < 1.29 is 39.9 Å². The minimum atomic E-state index is -1.97. The van der Waals surface area contributed by atoms with E-state index in [0.29, 0.717) is 5.56 Å². The molecule has 1 aliphatic rings. The molecule has 1 aromatic rings. The van der Waals surface area contributed by atoms with Gasteiger partial charge in [-0.05, 0) is 23.8 Å². The molecular weight excluding hydrogens is 346 g/mol. The van der Waals surface area contributed by atoms with E-state index in [4.69, 9.17) is 4.74 Å². The molecule has 0 aliphatic heterocycles. The fourth-order valence-electron chi connectivity index (χ4n) is 2.78. The minimum absolute atomic E-state index is 0.308. The number of rotatable bonds is 4. The Morgan fingerprint density at radius 2 is 1.92 bits per heavy atom. The fraction of sp³-hybridized carbons (Fsp3) is 0.412. The number of carbonyl (C=O) groups is 2. The van der Waals surface area contributed by atoms with Gasteiger partial charge in [0.15, 0.2) is 11.5 Å².